The predicted octanol–water partition coefficient (Wildman–Crippen LogP) is 0.864. The van der Waals surface area contributed by atoms with Crippen molar-refractivity contribution in [3.8, 4) is 0 Å². The standard InChI is InChI=1S/C2H5O3P/c1-3-6-4-2-5-6/h2H2,1H3. The second kappa shape index (κ2) is 1.85. The molecule has 0 bridgehead atoms. The van der Waals surface area contributed by atoms with Crippen molar-refractivity contribution in [2.75, 3.05) is 13.9 Å². The van der Waals surface area contributed by atoms with E-state index in [1.165, 1.54) is 0 Å². The second-order valence-electron chi connectivity index (χ2n) is 0.782. The molecule has 0 aromatic heterocycles. The van der Waals surface area contributed by atoms with Crippen molar-refractivity contribution in [2.45, 2.75) is 0 Å². The number of rotatable bonds is 1. The predicted molar refractivity (Wildman–Crippen MR) is 21.0 cm³/mol. The molecule has 1 aliphatic heterocycles. The molecule has 6 heavy (non-hydrogen) atoms. The Labute approximate surface area is 37.2 Å². The lowest BCUT2D eigenvalue weighted by Gasteiger charge is -2.21. The Hall–Kier alpha value is 0.310. The Morgan fingerprint density at radius 2 is 2.33 bits per heavy atom. The summed E-state index contributed by atoms with van der Waals surface area (Å²) in [6, 6.07) is 0. The average molecular weight is 108 g/mol. The van der Waals surface area contributed by atoms with Crippen LogP contribution in [0.4, 0.5) is 0 Å². The van der Waals surface area contributed by atoms with Crippen LogP contribution in [-0.2, 0) is 13.6 Å². The molecule has 3 nitrogen and oxygen atoms in total. The molecular formula is C2H5O3P. The first-order chi connectivity index (χ1) is 2.93. The van der Waals surface area contributed by atoms with Crippen LogP contribution >= 0.6 is 8.60 Å². The van der Waals surface area contributed by atoms with E-state index in [1.807, 2.05) is 0 Å². The van der Waals surface area contributed by atoms with Crippen LogP contribution in [0.3, 0.4) is 0 Å². The maximum atomic E-state index is 4.70. The summed E-state index contributed by atoms with van der Waals surface area (Å²) in [7, 11) is 0.665. The van der Waals surface area contributed by atoms with Crippen LogP contribution in [0.5, 0.6) is 0 Å². The molecule has 1 heterocycles. The van der Waals surface area contributed by atoms with Gasteiger partial charge >= 0.3 is 8.60 Å². The lowest BCUT2D eigenvalue weighted by molar-refractivity contribution is -0.000760. The molecule has 0 aromatic rings. The monoisotopic (exact) mass is 108 g/mol. The van der Waals surface area contributed by atoms with Crippen molar-refractivity contribution in [1.29, 1.82) is 0 Å². The Kier molecular flexibility index (Phi) is 1.37. The maximum absolute atomic E-state index is 4.70. The highest BCUT2D eigenvalue weighted by atomic mass is 31.2. The van der Waals surface area contributed by atoms with E-state index >= 15 is 0 Å². The van der Waals surface area contributed by atoms with Gasteiger partial charge in [0.2, 0.25) is 0 Å². The van der Waals surface area contributed by atoms with E-state index in [0.29, 0.717) is 6.79 Å². The average Bonchev–Trinajstić information content (AvgIpc) is 1.31. The van der Waals surface area contributed by atoms with E-state index in [4.69, 9.17) is 9.05 Å². The van der Waals surface area contributed by atoms with Crippen LogP contribution in [0.15, 0.2) is 0 Å². The molecule has 36 valence electrons. The maximum Gasteiger partial charge on any atom is 0.336 e. The van der Waals surface area contributed by atoms with E-state index in [2.05, 4.69) is 4.52 Å². The number of hydrogen-bond acceptors (Lipinski definition) is 3. The van der Waals surface area contributed by atoms with Crippen LogP contribution in [0, 0.1) is 0 Å². The molecule has 0 atom stereocenters. The molecule has 0 radical (unpaired) electrons. The third kappa shape index (κ3) is 0.684. The van der Waals surface area contributed by atoms with Gasteiger partial charge in [-0.25, -0.2) is 0 Å². The minimum absolute atomic E-state index is 0.402. The summed E-state index contributed by atoms with van der Waals surface area (Å²) in [5, 5.41) is 0. The molecule has 0 aromatic carbocycles. The third-order valence-electron chi connectivity index (χ3n) is 0.465. The topological polar surface area (TPSA) is 27.7 Å². The van der Waals surface area contributed by atoms with E-state index in [-0.39, 0.29) is 0 Å². The van der Waals surface area contributed by atoms with Crippen LogP contribution in [0.1, 0.15) is 0 Å². The molecule has 1 saturated heterocycles. The molecule has 1 rings (SSSR count). The van der Waals surface area contributed by atoms with Crippen molar-refractivity contribution in [3.05, 3.63) is 0 Å². The first-order valence-electron chi connectivity index (χ1n) is 1.53. The van der Waals surface area contributed by atoms with Crippen LogP contribution in [-0.4, -0.2) is 13.9 Å². The minimum atomic E-state index is -0.896. The van der Waals surface area contributed by atoms with Crippen LogP contribution in [0.2, 0.25) is 0 Å². The van der Waals surface area contributed by atoms with Gasteiger partial charge in [-0.15, -0.1) is 0 Å². The quantitative estimate of drug-likeness (QED) is 0.466. The van der Waals surface area contributed by atoms with Crippen molar-refractivity contribution < 1.29 is 13.6 Å². The zero-order valence-corrected chi connectivity index (χ0v) is 4.27. The molecule has 1 aliphatic rings. The van der Waals surface area contributed by atoms with E-state index in [1.54, 1.807) is 7.11 Å². The highest BCUT2D eigenvalue weighted by molar-refractivity contribution is 7.42. The van der Waals surface area contributed by atoms with Crippen LogP contribution < -0.4 is 0 Å². The van der Waals surface area contributed by atoms with Crippen molar-refractivity contribution in [1.82, 2.24) is 0 Å². The summed E-state index contributed by atoms with van der Waals surface area (Å²) >= 11 is 0. The van der Waals surface area contributed by atoms with E-state index < -0.39 is 8.60 Å². The second-order valence-corrected chi connectivity index (χ2v) is 2.11. The fraction of sp³-hybridized carbons (Fsp3) is 1.00. The number of hydrogen-bond donors (Lipinski definition) is 0. The molecule has 0 spiro atoms. The summed E-state index contributed by atoms with van der Waals surface area (Å²) in [5.74, 6) is 0. The fourth-order valence-corrected chi connectivity index (χ4v) is 0.603. The molecular weight excluding hydrogens is 103 g/mol. The third-order valence-corrected chi connectivity index (χ3v) is 1.40. The Bertz CT molecular complexity index is 41.3. The Morgan fingerprint density at radius 3 is 2.33 bits per heavy atom. The Morgan fingerprint density at radius 1 is 1.67 bits per heavy atom. The van der Waals surface area contributed by atoms with Gasteiger partial charge < -0.3 is 4.52 Å². The highest BCUT2D eigenvalue weighted by Gasteiger charge is 2.19. The zero-order chi connectivity index (χ0) is 4.41. The van der Waals surface area contributed by atoms with Gasteiger partial charge in [-0.05, 0) is 0 Å². The normalized spacial score (nSPS) is 23.5. The van der Waals surface area contributed by atoms with E-state index in [0.717, 1.165) is 0 Å². The van der Waals surface area contributed by atoms with Gasteiger partial charge in [-0.2, -0.15) is 0 Å². The minimum Gasteiger partial charge on any atom is -0.316 e. The van der Waals surface area contributed by atoms with Gasteiger partial charge in [0.05, 0.1) is 0 Å². The first-order valence-corrected chi connectivity index (χ1v) is 2.63. The first kappa shape index (κ1) is 4.47. The molecule has 0 saturated carbocycles. The summed E-state index contributed by atoms with van der Waals surface area (Å²) < 4.78 is 14.0. The molecule has 0 amide bonds. The molecule has 1 fully saturated rings. The van der Waals surface area contributed by atoms with Gasteiger partial charge in [0.25, 0.3) is 0 Å². The van der Waals surface area contributed by atoms with Gasteiger partial charge in [-0.3, -0.25) is 9.05 Å². The van der Waals surface area contributed by atoms with Crippen LogP contribution in [0.25, 0.3) is 0 Å². The summed E-state index contributed by atoms with van der Waals surface area (Å²) in [6.45, 7) is 0.402. The van der Waals surface area contributed by atoms with Gasteiger partial charge in [0, 0.05) is 7.11 Å². The SMILES string of the molecule is COP1OCO1. The lowest BCUT2D eigenvalue weighted by Crippen LogP contribution is -2.05. The summed E-state index contributed by atoms with van der Waals surface area (Å²) in [5.41, 5.74) is 0. The summed E-state index contributed by atoms with van der Waals surface area (Å²) in [4.78, 5) is 0. The van der Waals surface area contributed by atoms with Crippen molar-refractivity contribution in [2.24, 2.45) is 0 Å². The molecule has 0 N–H and O–H groups in total. The van der Waals surface area contributed by atoms with Crippen molar-refractivity contribution >= 4 is 8.60 Å². The smallest absolute Gasteiger partial charge is 0.316 e. The largest absolute Gasteiger partial charge is 0.336 e. The zero-order valence-electron chi connectivity index (χ0n) is 3.38. The van der Waals surface area contributed by atoms with Crippen molar-refractivity contribution in [3.63, 3.8) is 0 Å². The molecule has 0 aliphatic carbocycles. The van der Waals surface area contributed by atoms with Gasteiger partial charge in [0.1, 0.15) is 0 Å². The molecule has 4 heteroatoms. The highest BCUT2D eigenvalue weighted by Crippen LogP contribution is 2.46. The summed E-state index contributed by atoms with van der Waals surface area (Å²) in [6.07, 6.45) is 0. The van der Waals surface area contributed by atoms with Gasteiger partial charge in [0.15, 0.2) is 6.79 Å². The molecule has 0 unspecified atom stereocenters. The Balaban J connectivity index is 2.01. The van der Waals surface area contributed by atoms with E-state index in [9.17, 15) is 0 Å². The lowest BCUT2D eigenvalue weighted by atomic mass is 11.6. The van der Waals surface area contributed by atoms with Gasteiger partial charge in [-0.1, -0.05) is 0 Å². The fourth-order valence-electron chi connectivity index (χ4n) is 0.201.